The van der Waals surface area contributed by atoms with Crippen LogP contribution >= 0.6 is 0 Å². The first-order valence-corrected chi connectivity index (χ1v) is 4.71. The zero-order chi connectivity index (χ0) is 11.7. The molecule has 0 saturated carbocycles. The number of hydrogen-bond acceptors (Lipinski definition) is 2. The fourth-order valence-electron chi connectivity index (χ4n) is 1.46. The normalized spacial score (nSPS) is 10.6. The van der Waals surface area contributed by atoms with Crippen molar-refractivity contribution in [1.82, 2.24) is 14.9 Å². The van der Waals surface area contributed by atoms with E-state index < -0.39 is 11.4 Å². The highest BCUT2D eigenvalue weighted by Crippen LogP contribution is 2.06. The molecule has 2 heterocycles. The van der Waals surface area contributed by atoms with E-state index in [0.29, 0.717) is 5.52 Å². The van der Waals surface area contributed by atoms with E-state index >= 15 is 0 Å². The van der Waals surface area contributed by atoms with Gasteiger partial charge in [0.2, 0.25) is 5.91 Å². The van der Waals surface area contributed by atoms with E-state index in [2.05, 4.69) is 10.4 Å². The van der Waals surface area contributed by atoms with Crippen molar-refractivity contribution in [3.63, 3.8) is 0 Å². The summed E-state index contributed by atoms with van der Waals surface area (Å²) < 4.78 is 14.8. The number of H-pyrrole nitrogens is 1. The summed E-state index contributed by atoms with van der Waals surface area (Å²) in [5, 5.41) is 5.06. The number of fused-ring (bicyclic) bond motifs is 1. The number of carbonyl (C=O) groups excluding carboxylic acids is 1. The molecule has 2 aromatic rings. The van der Waals surface area contributed by atoms with Crippen molar-refractivity contribution in [2.24, 2.45) is 0 Å². The molecule has 0 aromatic carbocycles. The summed E-state index contributed by atoms with van der Waals surface area (Å²) in [6, 6.07) is 2.84. The number of nitrogens with zero attached hydrogens (tertiary/aromatic N) is 1. The Labute approximate surface area is 89.9 Å². The minimum Gasteiger partial charge on any atom is -0.352 e. The van der Waals surface area contributed by atoms with Gasteiger partial charge >= 0.3 is 0 Å². The molecule has 0 aliphatic heterocycles. The summed E-state index contributed by atoms with van der Waals surface area (Å²) in [5.41, 5.74) is -0.0991. The zero-order valence-electron chi connectivity index (χ0n) is 8.58. The molecule has 0 atom stereocenters. The Morgan fingerprint density at radius 3 is 3.06 bits per heavy atom. The summed E-state index contributed by atoms with van der Waals surface area (Å²) in [4.78, 5) is 22.5. The van der Waals surface area contributed by atoms with Gasteiger partial charge in [-0.2, -0.15) is 0 Å². The Bertz CT molecular complexity index is 600. The van der Waals surface area contributed by atoms with Gasteiger partial charge in [-0.15, -0.1) is 0 Å². The Hall–Kier alpha value is -2.11. The number of aromatic nitrogens is 2. The molecule has 2 aromatic heterocycles. The van der Waals surface area contributed by atoms with Crippen LogP contribution in [0.15, 0.2) is 23.1 Å². The molecule has 0 unspecified atom stereocenters. The van der Waals surface area contributed by atoms with Crippen LogP contribution in [0, 0.1) is 5.82 Å². The van der Waals surface area contributed by atoms with Crippen molar-refractivity contribution in [3.8, 4) is 0 Å². The molecule has 5 nitrogen and oxygen atoms in total. The summed E-state index contributed by atoms with van der Waals surface area (Å²) in [6.45, 7) is 1.20. The highest BCUT2D eigenvalue weighted by molar-refractivity contribution is 5.72. The van der Waals surface area contributed by atoms with Crippen LogP contribution in [0.1, 0.15) is 12.5 Å². The second-order valence-corrected chi connectivity index (χ2v) is 3.41. The third-order valence-corrected chi connectivity index (χ3v) is 2.25. The van der Waals surface area contributed by atoms with E-state index in [-0.39, 0.29) is 18.0 Å². The van der Waals surface area contributed by atoms with Gasteiger partial charge in [-0.25, -0.2) is 8.91 Å². The Balaban J connectivity index is 2.51. The largest absolute Gasteiger partial charge is 0.352 e. The van der Waals surface area contributed by atoms with E-state index in [1.807, 2.05) is 0 Å². The standard InChI is InChI=1S/C10H10FN3O2/c1-6(15)12-5-8-9(11)4-7-2-3-13-14(7)10(8)16/h2-4,13H,5H2,1H3,(H,12,15). The summed E-state index contributed by atoms with van der Waals surface area (Å²) in [6.07, 6.45) is 1.54. The molecule has 0 aliphatic rings. The smallest absolute Gasteiger partial charge is 0.277 e. The van der Waals surface area contributed by atoms with Crippen LogP contribution in [-0.4, -0.2) is 15.5 Å². The van der Waals surface area contributed by atoms with Gasteiger partial charge in [-0.3, -0.25) is 14.7 Å². The van der Waals surface area contributed by atoms with Crippen molar-refractivity contribution in [2.75, 3.05) is 0 Å². The molecule has 84 valence electrons. The Kier molecular flexibility index (Phi) is 2.47. The fraction of sp³-hybridized carbons (Fsp3) is 0.200. The summed E-state index contributed by atoms with van der Waals surface area (Å²) in [7, 11) is 0. The van der Waals surface area contributed by atoms with Crippen molar-refractivity contribution in [2.45, 2.75) is 13.5 Å². The third kappa shape index (κ3) is 1.69. The van der Waals surface area contributed by atoms with E-state index in [0.717, 1.165) is 0 Å². The second kappa shape index (κ2) is 3.80. The number of nitrogens with one attached hydrogen (secondary N) is 2. The van der Waals surface area contributed by atoms with Gasteiger partial charge < -0.3 is 5.32 Å². The highest BCUT2D eigenvalue weighted by Gasteiger charge is 2.11. The topological polar surface area (TPSA) is 66.4 Å². The number of pyridine rings is 1. The van der Waals surface area contributed by atoms with E-state index in [1.54, 1.807) is 12.3 Å². The number of carbonyl (C=O) groups is 1. The van der Waals surface area contributed by atoms with Crippen molar-refractivity contribution in [1.29, 1.82) is 0 Å². The maximum atomic E-state index is 13.5. The lowest BCUT2D eigenvalue weighted by Crippen LogP contribution is -2.28. The van der Waals surface area contributed by atoms with Crippen LogP contribution in [0.25, 0.3) is 5.52 Å². The molecule has 2 N–H and O–H groups in total. The average Bonchev–Trinajstić information content (AvgIpc) is 2.64. The van der Waals surface area contributed by atoms with E-state index in [1.165, 1.54) is 17.5 Å². The molecule has 0 aliphatic carbocycles. The average molecular weight is 223 g/mol. The number of rotatable bonds is 2. The summed E-state index contributed by atoms with van der Waals surface area (Å²) >= 11 is 0. The quantitative estimate of drug-likeness (QED) is 0.774. The second-order valence-electron chi connectivity index (χ2n) is 3.41. The predicted molar refractivity (Wildman–Crippen MR) is 55.5 cm³/mol. The molecule has 6 heteroatoms. The van der Waals surface area contributed by atoms with Crippen molar-refractivity contribution in [3.05, 3.63) is 40.1 Å². The molecule has 0 radical (unpaired) electrons. The lowest BCUT2D eigenvalue weighted by Gasteiger charge is -2.04. The van der Waals surface area contributed by atoms with Gasteiger partial charge in [0.05, 0.1) is 17.6 Å². The monoisotopic (exact) mass is 223 g/mol. The van der Waals surface area contributed by atoms with E-state index in [9.17, 15) is 14.0 Å². The van der Waals surface area contributed by atoms with Crippen LogP contribution in [0.4, 0.5) is 4.39 Å². The molecular formula is C10H10FN3O2. The fourth-order valence-corrected chi connectivity index (χ4v) is 1.46. The predicted octanol–water partition coefficient (Wildman–Crippen LogP) is 0.403. The maximum absolute atomic E-state index is 13.5. The molecule has 0 bridgehead atoms. The zero-order valence-corrected chi connectivity index (χ0v) is 8.58. The lowest BCUT2D eigenvalue weighted by atomic mass is 10.2. The van der Waals surface area contributed by atoms with Crippen LogP contribution in [-0.2, 0) is 11.3 Å². The number of amides is 1. The Morgan fingerprint density at radius 1 is 1.62 bits per heavy atom. The summed E-state index contributed by atoms with van der Waals surface area (Å²) in [5.74, 6) is -0.922. The highest BCUT2D eigenvalue weighted by atomic mass is 19.1. The van der Waals surface area contributed by atoms with Crippen LogP contribution in [0.3, 0.4) is 0 Å². The minimum atomic E-state index is -0.613. The van der Waals surface area contributed by atoms with Gasteiger partial charge in [-0.1, -0.05) is 0 Å². The van der Waals surface area contributed by atoms with E-state index in [4.69, 9.17) is 0 Å². The first-order chi connectivity index (χ1) is 7.59. The van der Waals surface area contributed by atoms with Crippen molar-refractivity contribution < 1.29 is 9.18 Å². The lowest BCUT2D eigenvalue weighted by molar-refractivity contribution is -0.119. The van der Waals surface area contributed by atoms with Gasteiger partial charge in [-0.05, 0) is 6.07 Å². The molecule has 0 spiro atoms. The molecule has 0 fully saturated rings. The maximum Gasteiger partial charge on any atom is 0.277 e. The van der Waals surface area contributed by atoms with Gasteiger partial charge in [0.25, 0.3) is 5.56 Å². The number of aromatic amines is 1. The number of halogens is 1. The minimum absolute atomic E-state index is 0.0600. The number of hydrogen-bond donors (Lipinski definition) is 2. The third-order valence-electron chi connectivity index (χ3n) is 2.25. The van der Waals surface area contributed by atoms with Crippen LogP contribution in [0.2, 0.25) is 0 Å². The molecule has 1 amide bonds. The molecule has 16 heavy (non-hydrogen) atoms. The molecular weight excluding hydrogens is 213 g/mol. The van der Waals surface area contributed by atoms with Crippen LogP contribution in [0.5, 0.6) is 0 Å². The first kappa shape index (κ1) is 10.4. The SMILES string of the molecule is CC(=O)NCc1c(F)cc2cc[nH]n2c1=O. The van der Waals surface area contributed by atoms with Crippen LogP contribution < -0.4 is 10.9 Å². The van der Waals surface area contributed by atoms with Gasteiger partial charge in [0, 0.05) is 19.2 Å². The van der Waals surface area contributed by atoms with Gasteiger partial charge in [0.1, 0.15) is 5.82 Å². The van der Waals surface area contributed by atoms with Crippen molar-refractivity contribution >= 4 is 11.4 Å². The molecule has 2 rings (SSSR count). The Morgan fingerprint density at radius 2 is 2.38 bits per heavy atom. The first-order valence-electron chi connectivity index (χ1n) is 4.71. The van der Waals surface area contributed by atoms with Gasteiger partial charge in [0.15, 0.2) is 0 Å². The molecule has 0 saturated heterocycles.